The van der Waals surface area contributed by atoms with Crippen LogP contribution in [-0.4, -0.2) is 45.7 Å². The first-order valence-electron chi connectivity index (χ1n) is 4.95. The van der Waals surface area contributed by atoms with Gasteiger partial charge in [-0.15, -0.1) is 0 Å². The lowest BCUT2D eigenvalue weighted by Gasteiger charge is -2.13. The van der Waals surface area contributed by atoms with E-state index in [9.17, 15) is 9.59 Å². The number of rotatable bonds is 5. The molecule has 1 aromatic rings. The SMILES string of the molecule is Cc1[nH]ncc1CCC(=O)N(C)CC(=O)O. The van der Waals surface area contributed by atoms with Crippen molar-refractivity contribution in [2.24, 2.45) is 0 Å². The highest BCUT2D eigenvalue weighted by atomic mass is 16.4. The van der Waals surface area contributed by atoms with E-state index in [1.165, 1.54) is 11.9 Å². The zero-order chi connectivity index (χ0) is 12.1. The van der Waals surface area contributed by atoms with E-state index in [0.29, 0.717) is 12.8 Å². The van der Waals surface area contributed by atoms with Crippen molar-refractivity contribution >= 4 is 11.9 Å². The van der Waals surface area contributed by atoms with Gasteiger partial charge in [-0.1, -0.05) is 0 Å². The number of hydrogen-bond donors (Lipinski definition) is 2. The lowest BCUT2D eigenvalue weighted by Crippen LogP contribution is -2.32. The molecule has 0 saturated carbocycles. The number of nitrogens with zero attached hydrogens (tertiary/aromatic N) is 2. The first kappa shape index (κ1) is 12.2. The Hall–Kier alpha value is -1.85. The van der Waals surface area contributed by atoms with Gasteiger partial charge in [-0.25, -0.2) is 0 Å². The van der Waals surface area contributed by atoms with Gasteiger partial charge in [0.15, 0.2) is 0 Å². The summed E-state index contributed by atoms with van der Waals surface area (Å²) in [5, 5.41) is 15.2. The molecule has 0 radical (unpaired) electrons. The van der Waals surface area contributed by atoms with Gasteiger partial charge in [0.1, 0.15) is 6.54 Å². The number of aryl methyl sites for hydroxylation is 2. The topological polar surface area (TPSA) is 86.3 Å². The molecule has 88 valence electrons. The number of nitrogens with one attached hydrogen (secondary N) is 1. The van der Waals surface area contributed by atoms with Gasteiger partial charge in [0.05, 0.1) is 6.20 Å². The molecular weight excluding hydrogens is 210 g/mol. The summed E-state index contributed by atoms with van der Waals surface area (Å²) in [6.07, 6.45) is 2.55. The summed E-state index contributed by atoms with van der Waals surface area (Å²) in [6, 6.07) is 0. The molecule has 1 heterocycles. The van der Waals surface area contributed by atoms with Crippen molar-refractivity contribution in [2.45, 2.75) is 19.8 Å². The van der Waals surface area contributed by atoms with Gasteiger partial charge in [-0.3, -0.25) is 14.7 Å². The van der Waals surface area contributed by atoms with Gasteiger partial charge in [-0.2, -0.15) is 5.10 Å². The molecule has 6 heteroatoms. The summed E-state index contributed by atoms with van der Waals surface area (Å²) in [6.45, 7) is 1.62. The lowest BCUT2D eigenvalue weighted by molar-refractivity contribution is -0.143. The standard InChI is InChI=1S/C10H15N3O3/c1-7-8(5-11-12-7)3-4-9(14)13(2)6-10(15)16/h5H,3-4,6H2,1-2H3,(H,11,12)(H,15,16). The lowest BCUT2D eigenvalue weighted by atomic mass is 10.1. The highest BCUT2D eigenvalue weighted by Gasteiger charge is 2.12. The molecule has 0 bridgehead atoms. The maximum Gasteiger partial charge on any atom is 0.323 e. The summed E-state index contributed by atoms with van der Waals surface area (Å²) in [7, 11) is 1.48. The van der Waals surface area contributed by atoms with Gasteiger partial charge >= 0.3 is 5.97 Å². The van der Waals surface area contributed by atoms with Crippen molar-refractivity contribution < 1.29 is 14.7 Å². The van der Waals surface area contributed by atoms with Gasteiger partial charge < -0.3 is 10.0 Å². The first-order chi connectivity index (χ1) is 7.50. The molecule has 0 aliphatic carbocycles. The molecule has 1 amide bonds. The third kappa shape index (κ3) is 3.38. The third-order valence-corrected chi connectivity index (χ3v) is 2.34. The molecule has 2 N–H and O–H groups in total. The zero-order valence-corrected chi connectivity index (χ0v) is 9.36. The molecule has 16 heavy (non-hydrogen) atoms. The Morgan fingerprint density at radius 1 is 1.56 bits per heavy atom. The summed E-state index contributed by atoms with van der Waals surface area (Å²) in [5.74, 6) is -1.18. The number of carbonyl (C=O) groups is 2. The van der Waals surface area contributed by atoms with Gasteiger partial charge in [0.25, 0.3) is 0 Å². The van der Waals surface area contributed by atoms with Crippen LogP contribution in [0.1, 0.15) is 17.7 Å². The first-order valence-corrected chi connectivity index (χ1v) is 4.95. The Labute approximate surface area is 93.3 Å². The van der Waals surface area contributed by atoms with E-state index in [1.54, 1.807) is 6.20 Å². The van der Waals surface area contributed by atoms with Crippen LogP contribution in [0.2, 0.25) is 0 Å². The molecule has 0 atom stereocenters. The molecule has 0 spiro atoms. The number of carbonyl (C=O) groups excluding carboxylic acids is 1. The molecule has 0 saturated heterocycles. The summed E-state index contributed by atoms with van der Waals surface area (Å²) in [4.78, 5) is 23.1. The summed E-state index contributed by atoms with van der Waals surface area (Å²) in [5.41, 5.74) is 1.92. The number of aliphatic carboxylic acids is 1. The second-order valence-electron chi connectivity index (χ2n) is 3.66. The third-order valence-electron chi connectivity index (χ3n) is 2.34. The minimum atomic E-state index is -1.00. The van der Waals surface area contributed by atoms with Crippen LogP contribution in [0.5, 0.6) is 0 Å². The summed E-state index contributed by atoms with van der Waals surface area (Å²) >= 11 is 0. The average molecular weight is 225 g/mol. The molecule has 0 aromatic carbocycles. The van der Waals surface area contributed by atoms with Crippen LogP contribution in [0.25, 0.3) is 0 Å². The fourth-order valence-electron chi connectivity index (χ4n) is 1.35. The maximum atomic E-state index is 11.5. The highest BCUT2D eigenvalue weighted by molar-refractivity contribution is 5.81. The van der Waals surface area contributed by atoms with E-state index < -0.39 is 5.97 Å². The van der Waals surface area contributed by atoms with Crippen molar-refractivity contribution in [3.05, 3.63) is 17.5 Å². The predicted molar refractivity (Wildman–Crippen MR) is 56.9 cm³/mol. The Balaban J connectivity index is 2.41. The smallest absolute Gasteiger partial charge is 0.323 e. The van der Waals surface area contributed by atoms with E-state index in [1.807, 2.05) is 6.92 Å². The van der Waals surface area contributed by atoms with Gasteiger partial charge in [0, 0.05) is 19.2 Å². The van der Waals surface area contributed by atoms with Gasteiger partial charge in [-0.05, 0) is 18.9 Å². The fraction of sp³-hybridized carbons (Fsp3) is 0.500. The number of hydrogen-bond acceptors (Lipinski definition) is 3. The predicted octanol–water partition coefficient (Wildman–Crippen LogP) is 0.194. The maximum absolute atomic E-state index is 11.5. The Morgan fingerprint density at radius 2 is 2.25 bits per heavy atom. The Kier molecular flexibility index (Phi) is 4.04. The minimum Gasteiger partial charge on any atom is -0.480 e. The average Bonchev–Trinajstić information content (AvgIpc) is 2.59. The molecule has 0 fully saturated rings. The number of H-pyrrole nitrogens is 1. The van der Waals surface area contributed by atoms with Crippen molar-refractivity contribution in [2.75, 3.05) is 13.6 Å². The van der Waals surface area contributed by atoms with Crippen LogP contribution in [0.15, 0.2) is 6.20 Å². The molecule has 6 nitrogen and oxygen atoms in total. The fourth-order valence-corrected chi connectivity index (χ4v) is 1.35. The second-order valence-corrected chi connectivity index (χ2v) is 3.66. The zero-order valence-electron chi connectivity index (χ0n) is 9.36. The quantitative estimate of drug-likeness (QED) is 0.749. The number of amides is 1. The van der Waals surface area contributed by atoms with Gasteiger partial charge in [0.2, 0.25) is 5.91 Å². The minimum absolute atomic E-state index is 0.178. The molecular formula is C10H15N3O3. The molecule has 1 aromatic heterocycles. The van der Waals surface area contributed by atoms with Crippen LogP contribution in [-0.2, 0) is 16.0 Å². The van der Waals surface area contributed by atoms with E-state index in [0.717, 1.165) is 11.3 Å². The van der Waals surface area contributed by atoms with E-state index >= 15 is 0 Å². The normalized spacial score (nSPS) is 10.1. The number of likely N-dealkylation sites (N-methyl/N-ethyl adjacent to an activating group) is 1. The van der Waals surface area contributed by atoms with Crippen LogP contribution in [0, 0.1) is 6.92 Å². The second kappa shape index (κ2) is 5.29. The Morgan fingerprint density at radius 3 is 2.75 bits per heavy atom. The number of aromatic amines is 1. The van der Waals surface area contributed by atoms with E-state index in [2.05, 4.69) is 10.2 Å². The molecule has 0 unspecified atom stereocenters. The monoisotopic (exact) mass is 225 g/mol. The Bertz CT molecular complexity index is 386. The van der Waals surface area contributed by atoms with Crippen LogP contribution in [0.4, 0.5) is 0 Å². The highest BCUT2D eigenvalue weighted by Crippen LogP contribution is 2.06. The van der Waals surface area contributed by atoms with E-state index in [-0.39, 0.29) is 12.5 Å². The number of carboxylic acid groups (broad SMARTS) is 1. The summed E-state index contributed by atoms with van der Waals surface area (Å²) < 4.78 is 0. The van der Waals surface area contributed by atoms with Crippen LogP contribution in [0.3, 0.4) is 0 Å². The van der Waals surface area contributed by atoms with Crippen molar-refractivity contribution in [1.82, 2.24) is 15.1 Å². The van der Waals surface area contributed by atoms with E-state index in [4.69, 9.17) is 5.11 Å². The largest absolute Gasteiger partial charge is 0.480 e. The van der Waals surface area contributed by atoms with Crippen molar-refractivity contribution in [3.63, 3.8) is 0 Å². The molecule has 0 aliphatic heterocycles. The van der Waals surface area contributed by atoms with Crippen molar-refractivity contribution in [1.29, 1.82) is 0 Å². The number of carboxylic acids is 1. The van der Waals surface area contributed by atoms with Crippen molar-refractivity contribution in [3.8, 4) is 0 Å². The van der Waals surface area contributed by atoms with Crippen LogP contribution < -0.4 is 0 Å². The molecule has 1 rings (SSSR count). The molecule has 0 aliphatic rings. The van der Waals surface area contributed by atoms with Crippen LogP contribution >= 0.6 is 0 Å². The number of aromatic nitrogens is 2.